The fraction of sp³-hybridized carbons (Fsp3) is 0.333. The minimum absolute atomic E-state index is 0.0746. The fourth-order valence-corrected chi connectivity index (χ4v) is 4.16. The van der Waals surface area contributed by atoms with Crippen molar-refractivity contribution in [1.29, 1.82) is 0 Å². The van der Waals surface area contributed by atoms with Gasteiger partial charge in [-0.3, -0.25) is 4.79 Å². The van der Waals surface area contributed by atoms with Crippen LogP contribution in [-0.4, -0.2) is 17.1 Å². The van der Waals surface area contributed by atoms with E-state index >= 15 is 0 Å². The molecule has 0 radical (unpaired) electrons. The second kappa shape index (κ2) is 5.30. The summed E-state index contributed by atoms with van der Waals surface area (Å²) in [6.07, 6.45) is 2.11. The molecule has 0 saturated heterocycles. The van der Waals surface area contributed by atoms with Crippen LogP contribution in [0.3, 0.4) is 0 Å². The van der Waals surface area contributed by atoms with Crippen LogP contribution in [-0.2, 0) is 11.3 Å². The number of benzene rings is 2. The summed E-state index contributed by atoms with van der Waals surface area (Å²) in [5, 5.41) is 4.35. The molecule has 0 amide bonds. The van der Waals surface area contributed by atoms with E-state index in [1.807, 2.05) is 24.3 Å². The molecule has 2 aromatic rings. The van der Waals surface area contributed by atoms with E-state index in [4.69, 9.17) is 4.84 Å². The summed E-state index contributed by atoms with van der Waals surface area (Å²) >= 11 is 0. The third-order valence-corrected chi connectivity index (χ3v) is 5.22. The molecule has 0 aromatic heterocycles. The van der Waals surface area contributed by atoms with Crippen molar-refractivity contribution in [2.45, 2.75) is 45.6 Å². The van der Waals surface area contributed by atoms with Crippen molar-refractivity contribution in [2.75, 3.05) is 0 Å². The molecule has 2 aromatic carbocycles. The number of nitrogens with zero attached hydrogens (tertiary/aromatic N) is 1. The molecule has 3 heteroatoms. The van der Waals surface area contributed by atoms with Gasteiger partial charge in [0.2, 0.25) is 11.4 Å². The van der Waals surface area contributed by atoms with Crippen LogP contribution in [0, 0.1) is 20.8 Å². The summed E-state index contributed by atoms with van der Waals surface area (Å²) in [6, 6.07) is 12.2. The number of oxime groups is 1. The standard InChI is InChI=1S/C21H21NO2/c1-13-10-14(2)19(15(3)11-13)18-12-21(24-22-18)9-8-16-6-4-5-7-17(16)20(21)23/h4-7,10-11H,8-9,12H2,1-3H3. The van der Waals surface area contributed by atoms with E-state index < -0.39 is 5.60 Å². The predicted octanol–water partition coefficient (Wildman–Crippen LogP) is 4.30. The number of carbonyl (C=O) groups is 1. The molecule has 24 heavy (non-hydrogen) atoms. The smallest absolute Gasteiger partial charge is 0.209 e. The first-order chi connectivity index (χ1) is 11.5. The quantitative estimate of drug-likeness (QED) is 0.786. The summed E-state index contributed by atoms with van der Waals surface area (Å²) in [7, 11) is 0. The molecule has 2 aliphatic rings. The minimum Gasteiger partial charge on any atom is -0.380 e. The van der Waals surface area contributed by atoms with Crippen LogP contribution in [0.5, 0.6) is 0 Å². The van der Waals surface area contributed by atoms with Crippen LogP contribution in [0.4, 0.5) is 0 Å². The highest BCUT2D eigenvalue weighted by molar-refractivity contribution is 6.12. The van der Waals surface area contributed by atoms with E-state index in [9.17, 15) is 4.79 Å². The average molecular weight is 319 g/mol. The van der Waals surface area contributed by atoms with Gasteiger partial charge in [0.05, 0.1) is 5.71 Å². The summed E-state index contributed by atoms with van der Waals surface area (Å²) in [5.41, 5.74) is 6.75. The number of Topliss-reactive ketones (excluding diaryl/α,β-unsaturated/α-hetero) is 1. The molecule has 0 bridgehead atoms. The van der Waals surface area contributed by atoms with Crippen LogP contribution in [0.1, 0.15) is 51.0 Å². The number of rotatable bonds is 1. The molecule has 4 rings (SSSR count). The number of carbonyl (C=O) groups excluding carboxylic acids is 1. The van der Waals surface area contributed by atoms with Crippen LogP contribution in [0.25, 0.3) is 0 Å². The molecule has 3 nitrogen and oxygen atoms in total. The van der Waals surface area contributed by atoms with Gasteiger partial charge in [0.25, 0.3) is 0 Å². The van der Waals surface area contributed by atoms with Gasteiger partial charge in [0, 0.05) is 24.0 Å². The molecule has 1 atom stereocenters. The van der Waals surface area contributed by atoms with Crippen molar-refractivity contribution < 1.29 is 9.63 Å². The van der Waals surface area contributed by atoms with Gasteiger partial charge in [0.1, 0.15) is 0 Å². The van der Waals surface area contributed by atoms with E-state index in [1.165, 1.54) is 16.7 Å². The third-order valence-electron chi connectivity index (χ3n) is 5.22. The molecule has 0 N–H and O–H groups in total. The topological polar surface area (TPSA) is 38.7 Å². The van der Waals surface area contributed by atoms with Gasteiger partial charge in [-0.05, 0) is 43.9 Å². The first-order valence-electron chi connectivity index (χ1n) is 8.46. The van der Waals surface area contributed by atoms with Gasteiger partial charge in [-0.15, -0.1) is 0 Å². The Morgan fingerprint density at radius 1 is 1.08 bits per heavy atom. The van der Waals surface area contributed by atoms with Crippen LogP contribution in [0.2, 0.25) is 0 Å². The summed E-state index contributed by atoms with van der Waals surface area (Å²) in [4.78, 5) is 18.8. The number of fused-ring (bicyclic) bond motifs is 1. The lowest BCUT2D eigenvalue weighted by atomic mass is 9.76. The first-order valence-corrected chi connectivity index (χ1v) is 8.46. The minimum atomic E-state index is -0.812. The predicted molar refractivity (Wildman–Crippen MR) is 94.7 cm³/mol. The van der Waals surface area contributed by atoms with Gasteiger partial charge < -0.3 is 4.84 Å². The second-order valence-corrected chi connectivity index (χ2v) is 7.06. The van der Waals surface area contributed by atoms with Crippen LogP contribution >= 0.6 is 0 Å². The Morgan fingerprint density at radius 2 is 1.79 bits per heavy atom. The SMILES string of the molecule is Cc1cc(C)c(C2=NOC3(CCc4ccccc4C3=O)C2)c(C)c1. The van der Waals surface area contributed by atoms with Crippen molar-refractivity contribution in [1.82, 2.24) is 0 Å². The van der Waals surface area contributed by atoms with Crippen molar-refractivity contribution >= 4 is 11.5 Å². The Labute approximate surface area is 142 Å². The molecule has 0 saturated carbocycles. The van der Waals surface area contributed by atoms with E-state index in [2.05, 4.69) is 38.1 Å². The summed E-state index contributed by atoms with van der Waals surface area (Å²) in [6.45, 7) is 6.29. The maximum absolute atomic E-state index is 13.0. The highest BCUT2D eigenvalue weighted by Gasteiger charge is 2.49. The zero-order valence-electron chi connectivity index (χ0n) is 14.3. The Kier molecular flexibility index (Phi) is 3.34. The lowest BCUT2D eigenvalue weighted by molar-refractivity contribution is -0.0119. The highest BCUT2D eigenvalue weighted by atomic mass is 16.7. The Bertz CT molecular complexity index is 858. The average Bonchev–Trinajstić information content (AvgIpc) is 2.95. The maximum atomic E-state index is 13.0. The summed E-state index contributed by atoms with van der Waals surface area (Å²) in [5.74, 6) is 0.0746. The molecule has 1 aliphatic carbocycles. The van der Waals surface area contributed by atoms with Gasteiger partial charge >= 0.3 is 0 Å². The first kappa shape index (κ1) is 15.1. The van der Waals surface area contributed by atoms with Gasteiger partial charge in [0.15, 0.2) is 0 Å². The van der Waals surface area contributed by atoms with Gasteiger partial charge in [-0.25, -0.2) is 0 Å². The lowest BCUT2D eigenvalue weighted by Gasteiger charge is -2.30. The number of aryl methyl sites for hydroxylation is 4. The normalized spacial score (nSPS) is 22.3. The lowest BCUT2D eigenvalue weighted by Crippen LogP contribution is -2.43. The van der Waals surface area contributed by atoms with E-state index in [-0.39, 0.29) is 5.78 Å². The second-order valence-electron chi connectivity index (χ2n) is 7.06. The zero-order valence-corrected chi connectivity index (χ0v) is 14.3. The third kappa shape index (κ3) is 2.19. The molecule has 1 unspecified atom stereocenters. The van der Waals surface area contributed by atoms with Gasteiger partial charge in [-0.1, -0.05) is 47.1 Å². The molecule has 122 valence electrons. The maximum Gasteiger partial charge on any atom is 0.209 e. The van der Waals surface area contributed by atoms with Crippen molar-refractivity contribution in [3.8, 4) is 0 Å². The Balaban J connectivity index is 1.69. The van der Waals surface area contributed by atoms with E-state index in [0.29, 0.717) is 12.8 Å². The van der Waals surface area contributed by atoms with E-state index in [1.54, 1.807) is 0 Å². The van der Waals surface area contributed by atoms with Gasteiger partial charge in [-0.2, -0.15) is 0 Å². The van der Waals surface area contributed by atoms with Crippen molar-refractivity contribution in [3.63, 3.8) is 0 Å². The Hall–Kier alpha value is -2.42. The largest absolute Gasteiger partial charge is 0.380 e. The van der Waals surface area contributed by atoms with Crippen molar-refractivity contribution in [3.05, 3.63) is 69.8 Å². The molecule has 1 aliphatic heterocycles. The van der Waals surface area contributed by atoms with Crippen LogP contribution < -0.4 is 0 Å². The van der Waals surface area contributed by atoms with E-state index in [0.717, 1.165) is 28.8 Å². The zero-order chi connectivity index (χ0) is 16.9. The molecular formula is C21H21NO2. The molecule has 0 fully saturated rings. The number of hydrogen-bond donors (Lipinski definition) is 0. The van der Waals surface area contributed by atoms with Crippen molar-refractivity contribution in [2.24, 2.45) is 5.16 Å². The summed E-state index contributed by atoms with van der Waals surface area (Å²) < 4.78 is 0. The number of ketones is 1. The molecule has 1 heterocycles. The monoisotopic (exact) mass is 319 g/mol. The van der Waals surface area contributed by atoms with Crippen LogP contribution in [0.15, 0.2) is 41.6 Å². The molecule has 1 spiro atoms. The highest BCUT2D eigenvalue weighted by Crippen LogP contribution is 2.39. The Morgan fingerprint density at radius 3 is 2.54 bits per heavy atom. The fourth-order valence-electron chi connectivity index (χ4n) is 4.16. The molecular weight excluding hydrogens is 298 g/mol. The number of hydrogen-bond acceptors (Lipinski definition) is 3.